The average Bonchev–Trinajstić information content (AvgIpc) is 2.67. The zero-order valence-electron chi connectivity index (χ0n) is 10.5. The van der Waals surface area contributed by atoms with Crippen LogP contribution in [-0.2, 0) is 6.54 Å². The van der Waals surface area contributed by atoms with Crippen molar-refractivity contribution < 1.29 is 9.13 Å². The highest BCUT2D eigenvalue weighted by Crippen LogP contribution is 2.38. The van der Waals surface area contributed by atoms with Crippen LogP contribution in [0.5, 0.6) is 5.75 Å². The number of methoxy groups -OCH3 is 1. The molecular weight excluding hydrogens is 219 g/mol. The summed E-state index contributed by atoms with van der Waals surface area (Å²) in [7, 11) is 1.55. The van der Waals surface area contributed by atoms with Crippen LogP contribution in [0, 0.1) is 5.82 Å². The molecule has 0 bridgehead atoms. The summed E-state index contributed by atoms with van der Waals surface area (Å²) >= 11 is 0. The number of benzene rings is 1. The Morgan fingerprint density at radius 3 is 2.76 bits per heavy atom. The molecule has 3 nitrogen and oxygen atoms in total. The van der Waals surface area contributed by atoms with Crippen LogP contribution in [0.3, 0.4) is 0 Å². The van der Waals surface area contributed by atoms with E-state index in [1.54, 1.807) is 7.11 Å². The number of hydrogen-bond acceptors (Lipinski definition) is 3. The van der Waals surface area contributed by atoms with Gasteiger partial charge in [0.15, 0.2) is 0 Å². The van der Waals surface area contributed by atoms with Gasteiger partial charge >= 0.3 is 0 Å². The molecule has 1 unspecified atom stereocenters. The average molecular weight is 238 g/mol. The Hall–Kier alpha value is -1.13. The molecule has 0 amide bonds. The van der Waals surface area contributed by atoms with Gasteiger partial charge < -0.3 is 10.5 Å². The minimum atomic E-state index is -0.194. The molecule has 0 saturated heterocycles. The zero-order valence-corrected chi connectivity index (χ0v) is 10.5. The summed E-state index contributed by atoms with van der Waals surface area (Å²) in [5.41, 5.74) is 7.54. The lowest BCUT2D eigenvalue weighted by atomic mass is 10.0. The first kappa shape index (κ1) is 12.3. The Morgan fingerprint density at radius 2 is 2.24 bits per heavy atom. The smallest absolute Gasteiger partial charge is 0.131 e. The van der Waals surface area contributed by atoms with E-state index in [0.29, 0.717) is 24.9 Å². The third-order valence-corrected chi connectivity index (χ3v) is 3.43. The van der Waals surface area contributed by atoms with Crippen molar-refractivity contribution in [1.29, 1.82) is 0 Å². The molecule has 0 aromatic heterocycles. The lowest BCUT2D eigenvalue weighted by Crippen LogP contribution is -2.33. The molecule has 0 spiro atoms. The Balaban J connectivity index is 2.45. The number of nitrogens with two attached hydrogens (primary N) is 1. The minimum absolute atomic E-state index is 0.0922. The van der Waals surface area contributed by atoms with E-state index >= 15 is 0 Å². The highest BCUT2D eigenvalue weighted by atomic mass is 19.1. The molecule has 0 fully saturated rings. The fourth-order valence-corrected chi connectivity index (χ4v) is 2.49. The van der Waals surface area contributed by atoms with Gasteiger partial charge in [0.05, 0.1) is 7.11 Å². The normalized spacial score (nSPS) is 19.8. The molecule has 1 aromatic carbocycles. The maximum atomic E-state index is 13.9. The van der Waals surface area contributed by atoms with Gasteiger partial charge in [0.2, 0.25) is 0 Å². The Morgan fingerprint density at radius 1 is 1.53 bits per heavy atom. The van der Waals surface area contributed by atoms with E-state index in [9.17, 15) is 4.39 Å². The highest BCUT2D eigenvalue weighted by Gasteiger charge is 2.33. The number of hydrogen-bond donors (Lipinski definition) is 1. The van der Waals surface area contributed by atoms with Crippen molar-refractivity contribution >= 4 is 0 Å². The van der Waals surface area contributed by atoms with Crippen LogP contribution in [0.1, 0.15) is 31.0 Å². The van der Waals surface area contributed by atoms with Gasteiger partial charge in [0, 0.05) is 36.8 Å². The van der Waals surface area contributed by atoms with Crippen LogP contribution in [0.15, 0.2) is 12.1 Å². The van der Waals surface area contributed by atoms with Crippen molar-refractivity contribution in [2.45, 2.75) is 32.5 Å². The van der Waals surface area contributed by atoms with Gasteiger partial charge in [-0.3, -0.25) is 4.90 Å². The number of rotatable bonds is 3. The summed E-state index contributed by atoms with van der Waals surface area (Å²) in [6.45, 7) is 5.33. The first-order valence-electron chi connectivity index (χ1n) is 5.90. The first-order chi connectivity index (χ1) is 8.08. The molecular formula is C13H19FN2O. The number of nitrogens with zero attached hydrogens (tertiary/aromatic N) is 1. The van der Waals surface area contributed by atoms with Crippen molar-refractivity contribution in [2.24, 2.45) is 5.73 Å². The van der Waals surface area contributed by atoms with E-state index in [4.69, 9.17) is 10.5 Å². The van der Waals surface area contributed by atoms with Crippen molar-refractivity contribution in [3.8, 4) is 5.75 Å². The van der Waals surface area contributed by atoms with Gasteiger partial charge in [-0.1, -0.05) is 0 Å². The van der Waals surface area contributed by atoms with Crippen LogP contribution in [0.2, 0.25) is 0 Å². The van der Waals surface area contributed by atoms with Crippen LogP contribution in [-0.4, -0.2) is 24.6 Å². The fourth-order valence-electron chi connectivity index (χ4n) is 2.49. The molecule has 2 rings (SSSR count). The molecule has 2 N–H and O–H groups in total. The summed E-state index contributed by atoms with van der Waals surface area (Å²) in [5.74, 6) is 0.367. The summed E-state index contributed by atoms with van der Waals surface area (Å²) in [5, 5.41) is 0. The van der Waals surface area contributed by atoms with E-state index < -0.39 is 0 Å². The zero-order chi connectivity index (χ0) is 12.6. The number of fused-ring (bicyclic) bond motifs is 1. The molecule has 0 saturated carbocycles. The monoisotopic (exact) mass is 238 g/mol. The first-order valence-corrected chi connectivity index (χ1v) is 5.90. The van der Waals surface area contributed by atoms with Crippen molar-refractivity contribution in [2.75, 3.05) is 13.7 Å². The molecule has 17 heavy (non-hydrogen) atoms. The van der Waals surface area contributed by atoms with E-state index in [0.717, 1.165) is 11.1 Å². The molecule has 1 aliphatic rings. The van der Waals surface area contributed by atoms with Gasteiger partial charge in [-0.25, -0.2) is 4.39 Å². The lowest BCUT2D eigenvalue weighted by Gasteiger charge is -2.27. The second kappa shape index (κ2) is 4.63. The summed E-state index contributed by atoms with van der Waals surface area (Å²) in [6, 6.07) is 3.78. The third kappa shape index (κ3) is 2.03. The van der Waals surface area contributed by atoms with E-state index in [2.05, 4.69) is 18.7 Å². The van der Waals surface area contributed by atoms with Gasteiger partial charge in [-0.2, -0.15) is 0 Å². The summed E-state index contributed by atoms with van der Waals surface area (Å²) < 4.78 is 19.0. The molecule has 94 valence electrons. The maximum absolute atomic E-state index is 13.9. The molecule has 1 heterocycles. The molecule has 1 atom stereocenters. The van der Waals surface area contributed by atoms with Gasteiger partial charge in [0.1, 0.15) is 11.6 Å². The standard InChI is InChI=1S/C13H19FN2O/c1-8(2)16-7-11-10(13(16)6-15)4-9(17-3)5-12(11)14/h4-5,8,13H,6-7,15H2,1-3H3. The largest absolute Gasteiger partial charge is 0.497 e. The van der Waals surface area contributed by atoms with Gasteiger partial charge in [0.25, 0.3) is 0 Å². The van der Waals surface area contributed by atoms with Crippen molar-refractivity contribution in [3.05, 3.63) is 29.1 Å². The second-order valence-electron chi connectivity index (χ2n) is 4.69. The van der Waals surface area contributed by atoms with Crippen LogP contribution < -0.4 is 10.5 Å². The molecule has 0 aliphatic carbocycles. The maximum Gasteiger partial charge on any atom is 0.131 e. The van der Waals surface area contributed by atoms with E-state index in [-0.39, 0.29) is 11.9 Å². The topological polar surface area (TPSA) is 38.5 Å². The van der Waals surface area contributed by atoms with Gasteiger partial charge in [-0.05, 0) is 25.5 Å². The minimum Gasteiger partial charge on any atom is -0.497 e. The van der Waals surface area contributed by atoms with E-state index in [1.165, 1.54) is 6.07 Å². The molecule has 0 radical (unpaired) electrons. The Kier molecular flexibility index (Phi) is 3.35. The highest BCUT2D eigenvalue weighted by molar-refractivity contribution is 5.42. The number of halogens is 1. The van der Waals surface area contributed by atoms with Crippen LogP contribution in [0.4, 0.5) is 4.39 Å². The molecule has 4 heteroatoms. The van der Waals surface area contributed by atoms with Gasteiger partial charge in [-0.15, -0.1) is 0 Å². The molecule has 1 aliphatic heterocycles. The Bertz CT molecular complexity index is 420. The van der Waals surface area contributed by atoms with Crippen LogP contribution in [0.25, 0.3) is 0 Å². The van der Waals surface area contributed by atoms with Crippen molar-refractivity contribution in [1.82, 2.24) is 4.90 Å². The number of ether oxygens (including phenoxy) is 1. The SMILES string of the molecule is COc1cc(F)c2c(c1)C(CN)N(C(C)C)C2. The lowest BCUT2D eigenvalue weighted by molar-refractivity contribution is 0.171. The summed E-state index contributed by atoms with van der Waals surface area (Å²) in [4.78, 5) is 2.22. The Labute approximate surface area is 101 Å². The fraction of sp³-hybridized carbons (Fsp3) is 0.538. The second-order valence-corrected chi connectivity index (χ2v) is 4.69. The quantitative estimate of drug-likeness (QED) is 0.876. The van der Waals surface area contributed by atoms with E-state index in [1.807, 2.05) is 6.07 Å². The molecule has 1 aromatic rings. The van der Waals surface area contributed by atoms with Crippen LogP contribution >= 0.6 is 0 Å². The third-order valence-electron chi connectivity index (χ3n) is 3.43. The summed E-state index contributed by atoms with van der Waals surface area (Å²) in [6.07, 6.45) is 0. The van der Waals surface area contributed by atoms with Crippen molar-refractivity contribution in [3.63, 3.8) is 0 Å². The predicted octanol–water partition coefficient (Wildman–Crippen LogP) is 2.06. The predicted molar refractivity (Wildman–Crippen MR) is 65.4 cm³/mol.